The van der Waals surface area contributed by atoms with Gasteiger partial charge in [0.15, 0.2) is 5.82 Å². The van der Waals surface area contributed by atoms with Gasteiger partial charge in [0.1, 0.15) is 5.82 Å². The molecule has 4 rings (SSSR count). The maximum absolute atomic E-state index is 13.7. The number of hydrogen-bond acceptors (Lipinski definition) is 9. The molecule has 0 atom stereocenters. The highest BCUT2D eigenvalue weighted by molar-refractivity contribution is 5.64. The van der Waals surface area contributed by atoms with E-state index < -0.39 is 11.7 Å². The second-order valence-electron chi connectivity index (χ2n) is 7.30. The minimum atomic E-state index is -4.62. The Morgan fingerprint density at radius 1 is 0.933 bits per heavy atom. The number of piperazine rings is 1. The first-order valence-electron chi connectivity index (χ1n) is 9.66. The van der Waals surface area contributed by atoms with Gasteiger partial charge in [-0.3, -0.25) is 0 Å². The van der Waals surface area contributed by atoms with E-state index in [0.717, 1.165) is 25.4 Å². The zero-order valence-corrected chi connectivity index (χ0v) is 16.6. The molecular weight excluding hydrogens is 401 g/mol. The topological polar surface area (TPSA) is 96.5 Å². The van der Waals surface area contributed by atoms with Crippen molar-refractivity contribution in [1.29, 1.82) is 0 Å². The third-order valence-corrected chi connectivity index (χ3v) is 5.16. The van der Waals surface area contributed by atoms with Crippen LogP contribution in [-0.4, -0.2) is 84.4 Å². The van der Waals surface area contributed by atoms with Crippen LogP contribution in [0.4, 0.5) is 30.9 Å². The van der Waals surface area contributed by atoms with Crippen molar-refractivity contribution in [2.75, 3.05) is 75.1 Å². The van der Waals surface area contributed by atoms with Crippen molar-refractivity contribution in [3.63, 3.8) is 0 Å². The predicted octanol–water partition coefficient (Wildman–Crippen LogP) is 1.12. The highest BCUT2D eigenvalue weighted by Gasteiger charge is 2.35. The van der Waals surface area contributed by atoms with Crippen LogP contribution in [0.15, 0.2) is 12.3 Å². The molecule has 12 heteroatoms. The largest absolute Gasteiger partial charge is 0.417 e. The molecule has 2 N–H and O–H groups in total. The molecule has 162 valence electrons. The lowest BCUT2D eigenvalue weighted by atomic mass is 10.1. The van der Waals surface area contributed by atoms with Crippen molar-refractivity contribution >= 4 is 17.7 Å². The maximum atomic E-state index is 13.7. The first-order valence-corrected chi connectivity index (χ1v) is 9.66. The number of alkyl halides is 3. The zero-order valence-electron chi connectivity index (χ0n) is 16.6. The Hall–Kier alpha value is -2.73. The van der Waals surface area contributed by atoms with Crippen LogP contribution in [0.5, 0.6) is 0 Å². The van der Waals surface area contributed by atoms with Crippen LogP contribution >= 0.6 is 0 Å². The van der Waals surface area contributed by atoms with Crippen molar-refractivity contribution in [3.05, 3.63) is 17.8 Å². The molecule has 0 aromatic carbocycles. The second kappa shape index (κ2) is 8.19. The summed E-state index contributed by atoms with van der Waals surface area (Å²) in [7, 11) is 2.02. The molecule has 9 nitrogen and oxygen atoms in total. The Bertz CT molecular complexity index is 895. The SMILES string of the molecule is CN1CCN(c2nc(-c3cnc(N)cc3C(F)(F)F)nc(N3CCOCC3)n2)CC1. The van der Waals surface area contributed by atoms with E-state index in [1.54, 1.807) is 0 Å². The van der Waals surface area contributed by atoms with Gasteiger partial charge in [-0.05, 0) is 13.1 Å². The molecule has 2 aliphatic heterocycles. The molecule has 2 aromatic heterocycles. The molecule has 0 unspecified atom stereocenters. The lowest BCUT2D eigenvalue weighted by Gasteiger charge is -2.33. The average Bonchev–Trinajstić information content (AvgIpc) is 2.74. The molecule has 2 aliphatic rings. The monoisotopic (exact) mass is 424 g/mol. The fourth-order valence-corrected chi connectivity index (χ4v) is 3.41. The van der Waals surface area contributed by atoms with Gasteiger partial charge in [0, 0.05) is 45.5 Å². The van der Waals surface area contributed by atoms with E-state index in [2.05, 4.69) is 24.8 Å². The summed E-state index contributed by atoms with van der Waals surface area (Å²) in [6.07, 6.45) is -3.55. The standard InChI is InChI=1S/C18H23F3N8O/c1-27-2-4-28(5-3-27)16-24-15(25-17(26-16)29-6-8-30-9-7-29)12-11-23-14(22)10-13(12)18(19,20)21/h10-11H,2-9H2,1H3,(H2,22,23). The van der Waals surface area contributed by atoms with E-state index in [0.29, 0.717) is 51.3 Å². The summed E-state index contributed by atoms with van der Waals surface area (Å²) in [4.78, 5) is 23.2. The smallest absolute Gasteiger partial charge is 0.384 e. The number of pyridine rings is 1. The number of morpholine rings is 1. The number of halogens is 3. The van der Waals surface area contributed by atoms with Crippen LogP contribution in [-0.2, 0) is 10.9 Å². The summed E-state index contributed by atoms with van der Waals surface area (Å²) in [5, 5.41) is 0. The Labute approximate surface area is 171 Å². The molecular formula is C18H23F3N8O. The molecule has 2 aromatic rings. The summed E-state index contributed by atoms with van der Waals surface area (Å²) < 4.78 is 46.4. The Morgan fingerprint density at radius 3 is 2.13 bits per heavy atom. The maximum Gasteiger partial charge on any atom is 0.417 e. The van der Waals surface area contributed by atoms with E-state index in [1.807, 2.05) is 16.8 Å². The molecule has 0 aliphatic carbocycles. The third-order valence-electron chi connectivity index (χ3n) is 5.16. The zero-order chi connectivity index (χ0) is 21.3. The molecule has 4 heterocycles. The van der Waals surface area contributed by atoms with Gasteiger partial charge >= 0.3 is 6.18 Å². The summed E-state index contributed by atoms with van der Waals surface area (Å²) in [6, 6.07) is 0.809. The normalized spacial score (nSPS) is 18.7. The number of hydrogen-bond donors (Lipinski definition) is 1. The minimum absolute atomic E-state index is 0.0692. The van der Waals surface area contributed by atoms with Gasteiger partial charge in [-0.25, -0.2) is 4.98 Å². The first kappa shape index (κ1) is 20.5. The number of ether oxygens (including phenoxy) is 1. The van der Waals surface area contributed by atoms with Crippen LogP contribution < -0.4 is 15.5 Å². The van der Waals surface area contributed by atoms with Gasteiger partial charge in [-0.2, -0.15) is 28.1 Å². The molecule has 2 fully saturated rings. The number of anilines is 3. The summed E-state index contributed by atoms with van der Waals surface area (Å²) in [6.45, 7) is 5.08. The number of nitrogens with zero attached hydrogens (tertiary/aromatic N) is 7. The van der Waals surface area contributed by atoms with E-state index in [4.69, 9.17) is 10.5 Å². The van der Waals surface area contributed by atoms with Crippen LogP contribution in [0.1, 0.15) is 5.56 Å². The van der Waals surface area contributed by atoms with E-state index >= 15 is 0 Å². The van der Waals surface area contributed by atoms with E-state index in [1.165, 1.54) is 0 Å². The fraction of sp³-hybridized carbons (Fsp3) is 0.556. The molecule has 0 spiro atoms. The Balaban J connectivity index is 1.80. The van der Waals surface area contributed by atoms with E-state index in [9.17, 15) is 13.2 Å². The average molecular weight is 424 g/mol. The van der Waals surface area contributed by atoms with Crippen LogP contribution in [0, 0.1) is 0 Å². The molecule has 0 saturated carbocycles. The molecule has 0 radical (unpaired) electrons. The van der Waals surface area contributed by atoms with Crippen molar-refractivity contribution in [3.8, 4) is 11.4 Å². The molecule has 0 amide bonds. The number of likely N-dealkylation sites (N-methyl/N-ethyl adjacent to an activating group) is 1. The fourth-order valence-electron chi connectivity index (χ4n) is 3.41. The van der Waals surface area contributed by atoms with Crippen molar-refractivity contribution in [2.24, 2.45) is 0 Å². The molecule has 30 heavy (non-hydrogen) atoms. The minimum Gasteiger partial charge on any atom is -0.384 e. The quantitative estimate of drug-likeness (QED) is 0.778. The van der Waals surface area contributed by atoms with Crippen LogP contribution in [0.3, 0.4) is 0 Å². The lowest BCUT2D eigenvalue weighted by Crippen LogP contribution is -2.45. The number of aromatic nitrogens is 4. The Kier molecular flexibility index (Phi) is 5.60. The Morgan fingerprint density at radius 2 is 1.53 bits per heavy atom. The highest BCUT2D eigenvalue weighted by Crippen LogP contribution is 2.37. The second-order valence-corrected chi connectivity index (χ2v) is 7.30. The number of rotatable bonds is 3. The van der Waals surface area contributed by atoms with Gasteiger partial charge in [-0.15, -0.1) is 0 Å². The highest BCUT2D eigenvalue weighted by atomic mass is 19.4. The summed E-state index contributed by atoms with van der Waals surface area (Å²) >= 11 is 0. The lowest BCUT2D eigenvalue weighted by molar-refractivity contribution is -0.137. The number of nitrogen functional groups attached to an aromatic ring is 1. The summed E-state index contributed by atoms with van der Waals surface area (Å²) in [5.74, 6) is 0.412. The van der Waals surface area contributed by atoms with Gasteiger partial charge < -0.3 is 25.2 Å². The van der Waals surface area contributed by atoms with Crippen molar-refractivity contribution in [2.45, 2.75) is 6.18 Å². The molecule has 0 bridgehead atoms. The van der Waals surface area contributed by atoms with Crippen LogP contribution in [0.2, 0.25) is 0 Å². The van der Waals surface area contributed by atoms with Crippen molar-refractivity contribution < 1.29 is 17.9 Å². The van der Waals surface area contributed by atoms with E-state index in [-0.39, 0.29) is 17.2 Å². The first-order chi connectivity index (χ1) is 14.3. The van der Waals surface area contributed by atoms with Gasteiger partial charge in [0.2, 0.25) is 11.9 Å². The van der Waals surface area contributed by atoms with Crippen LogP contribution in [0.25, 0.3) is 11.4 Å². The van der Waals surface area contributed by atoms with Gasteiger partial charge in [-0.1, -0.05) is 0 Å². The van der Waals surface area contributed by atoms with Crippen molar-refractivity contribution in [1.82, 2.24) is 24.8 Å². The number of nitrogens with two attached hydrogens (primary N) is 1. The molecule has 2 saturated heterocycles. The third kappa shape index (κ3) is 4.38. The van der Waals surface area contributed by atoms with Gasteiger partial charge in [0.25, 0.3) is 0 Å². The van der Waals surface area contributed by atoms with Gasteiger partial charge in [0.05, 0.1) is 24.3 Å². The predicted molar refractivity (Wildman–Crippen MR) is 105 cm³/mol. The summed E-state index contributed by atoms with van der Waals surface area (Å²) in [5.41, 5.74) is 4.37.